The summed E-state index contributed by atoms with van der Waals surface area (Å²) in [6, 6.07) is 1.12. The molecule has 284 valence electrons. The van der Waals surface area contributed by atoms with E-state index in [2.05, 4.69) is 15.5 Å². The van der Waals surface area contributed by atoms with E-state index in [1.54, 1.807) is 18.7 Å². The van der Waals surface area contributed by atoms with Gasteiger partial charge in [0.05, 0.1) is 43.4 Å². The largest absolute Gasteiger partial charge is 0.504 e. The summed E-state index contributed by atoms with van der Waals surface area (Å²) in [6.45, 7) is 5.03. The molecule has 0 radical (unpaired) electrons. The van der Waals surface area contributed by atoms with Crippen molar-refractivity contribution in [2.45, 2.75) is 51.1 Å². The fraction of sp³-hybridized carbons (Fsp3) is 0.469. The number of anilines is 1. The maximum absolute atomic E-state index is 13.5. The molecule has 5 heterocycles. The number of nitrogens with two attached hydrogens (primary N) is 1. The Labute approximate surface area is 315 Å². The molecule has 1 aromatic heterocycles. The van der Waals surface area contributed by atoms with Gasteiger partial charge in [0.25, 0.3) is 17.7 Å². The molecule has 6 rings (SSSR count). The van der Waals surface area contributed by atoms with Gasteiger partial charge in [0.15, 0.2) is 34.6 Å². The van der Waals surface area contributed by atoms with Crippen molar-refractivity contribution in [1.29, 1.82) is 0 Å². The zero-order valence-electron chi connectivity index (χ0n) is 28.3. The van der Waals surface area contributed by atoms with Gasteiger partial charge in [-0.25, -0.2) is 14.6 Å². The quantitative estimate of drug-likeness (QED) is 0.0620. The molecule has 3 amide bonds. The Balaban J connectivity index is 1.19. The molecule has 2 aromatic rings. The second-order valence-electron chi connectivity index (χ2n) is 13.5. The molecule has 0 bridgehead atoms. The summed E-state index contributed by atoms with van der Waals surface area (Å²) in [5.74, 6) is -6.47. The van der Waals surface area contributed by atoms with Crippen molar-refractivity contribution >= 4 is 75.0 Å². The van der Waals surface area contributed by atoms with Crippen LogP contribution < -0.4 is 11.1 Å². The smallest absolute Gasteiger partial charge is 0.352 e. The fourth-order valence-electron chi connectivity index (χ4n) is 7.30. The third kappa shape index (κ3) is 6.94. The van der Waals surface area contributed by atoms with E-state index in [1.807, 2.05) is 0 Å². The monoisotopic (exact) mass is 796 g/mol. The molecule has 5 atom stereocenters. The van der Waals surface area contributed by atoms with Gasteiger partial charge in [0.2, 0.25) is 6.10 Å². The number of oxime groups is 1. The molecule has 1 aromatic carbocycles. The van der Waals surface area contributed by atoms with Gasteiger partial charge >= 0.3 is 11.9 Å². The number of aliphatic carboxylic acids is 2. The summed E-state index contributed by atoms with van der Waals surface area (Å²) in [5.41, 5.74) is 5.16. The van der Waals surface area contributed by atoms with Crippen LogP contribution >= 0.6 is 34.5 Å². The second kappa shape index (κ2) is 14.6. The van der Waals surface area contributed by atoms with Crippen molar-refractivity contribution in [1.82, 2.24) is 20.1 Å². The topological polar surface area (TPSA) is 255 Å². The van der Waals surface area contributed by atoms with Crippen LogP contribution in [0, 0.1) is 5.92 Å². The van der Waals surface area contributed by atoms with E-state index >= 15 is 0 Å². The standard InChI is InChI=1S/C32H35Cl2N7O11S/c1-13(2)24(31(49)50)52-38-20(19-25(34)53-32(35)37-19)26(44)36-21-28(46)40-22(30(47)48)14(12-51-29(21)40)11-41-8-3-4-15(41)10-39(7-9-41)27(45)16-5-6-17(42)23(43)18(16)33/h5-6,13,15,21,24,29H,3-4,7-12H2,1-2H3,(H6-,35,36,37,38,42,43,44,45,47,48,49,50)/p+1/t15-,21+,24-,29+,41?/m0/s1. The zero-order valence-corrected chi connectivity index (χ0v) is 30.7. The van der Waals surface area contributed by atoms with Crippen molar-refractivity contribution in [2.75, 3.05) is 45.1 Å². The number of nitrogen functional groups attached to an aromatic ring is 1. The number of nitrogens with zero attached hydrogens (tertiary/aromatic N) is 5. The summed E-state index contributed by atoms with van der Waals surface area (Å²) < 4.78 is 6.41. The van der Waals surface area contributed by atoms with Gasteiger partial charge in [0.1, 0.15) is 28.3 Å². The lowest BCUT2D eigenvalue weighted by Gasteiger charge is -2.51. The van der Waals surface area contributed by atoms with Gasteiger partial charge in [-0.3, -0.25) is 19.3 Å². The lowest BCUT2D eigenvalue weighted by Crippen LogP contribution is -2.74. The minimum Gasteiger partial charge on any atom is -0.504 e. The summed E-state index contributed by atoms with van der Waals surface area (Å²) in [6.07, 6.45) is -1.05. The number of ether oxygens (including phenoxy) is 1. The molecule has 3 fully saturated rings. The number of carbonyl (C=O) groups excluding carboxylic acids is 3. The molecule has 0 spiro atoms. The highest BCUT2D eigenvalue weighted by Crippen LogP contribution is 2.40. The number of hydrogen-bond donors (Lipinski definition) is 6. The van der Waals surface area contributed by atoms with E-state index in [4.69, 9.17) is 38.5 Å². The minimum absolute atomic E-state index is 0.0175. The number of halogens is 2. The summed E-state index contributed by atoms with van der Waals surface area (Å²) >= 11 is 13.2. The summed E-state index contributed by atoms with van der Waals surface area (Å²) in [5, 5.41) is 45.6. The fourth-order valence-corrected chi connectivity index (χ4v) is 8.46. The molecular weight excluding hydrogens is 761 g/mol. The van der Waals surface area contributed by atoms with Crippen LogP contribution in [0.4, 0.5) is 5.13 Å². The van der Waals surface area contributed by atoms with Crippen LogP contribution in [0.2, 0.25) is 9.36 Å². The van der Waals surface area contributed by atoms with E-state index in [9.17, 15) is 44.4 Å². The number of quaternary nitrogens is 1. The molecule has 4 aliphatic rings. The Morgan fingerprint density at radius 3 is 2.58 bits per heavy atom. The Hall–Kier alpha value is -4.69. The first-order chi connectivity index (χ1) is 25.0. The van der Waals surface area contributed by atoms with Crippen molar-refractivity contribution in [3.63, 3.8) is 0 Å². The molecule has 0 saturated carbocycles. The number of phenolic OH excluding ortho intramolecular Hbond substituents is 2. The second-order valence-corrected chi connectivity index (χ2v) is 15.5. The molecule has 53 heavy (non-hydrogen) atoms. The van der Waals surface area contributed by atoms with Crippen LogP contribution in [0.15, 0.2) is 28.6 Å². The Morgan fingerprint density at radius 1 is 1.21 bits per heavy atom. The number of phenols is 2. The third-order valence-corrected chi connectivity index (χ3v) is 11.4. The van der Waals surface area contributed by atoms with E-state index in [1.165, 1.54) is 12.1 Å². The number of thiazole rings is 1. The predicted octanol–water partition coefficient (Wildman–Crippen LogP) is 1.43. The van der Waals surface area contributed by atoms with Crippen LogP contribution in [0.5, 0.6) is 11.5 Å². The Bertz CT molecular complexity index is 1960. The van der Waals surface area contributed by atoms with Crippen molar-refractivity contribution in [3.8, 4) is 11.5 Å². The molecule has 0 aliphatic carbocycles. The van der Waals surface area contributed by atoms with Gasteiger partial charge in [-0.1, -0.05) is 53.5 Å². The SMILES string of the molecule is CC(C)[C@H](O/N=C(\C(=O)N[C@@H]1C(=O)N2C(C(=O)O)=C(C[N+]34CCC[C@H]3CN(C(=O)c3ccc(O)c(O)c3Cl)CC4)CO[C@H]12)c1nc(N)sc1Cl)C(=O)O. The first-order valence-corrected chi connectivity index (χ1v) is 18.1. The molecule has 18 nitrogen and oxygen atoms in total. The highest BCUT2D eigenvalue weighted by molar-refractivity contribution is 7.19. The number of aromatic nitrogens is 1. The maximum Gasteiger partial charge on any atom is 0.352 e. The lowest BCUT2D eigenvalue weighted by molar-refractivity contribution is -0.939. The van der Waals surface area contributed by atoms with Crippen molar-refractivity contribution in [3.05, 3.63) is 44.0 Å². The normalized spacial score (nSPS) is 24.7. The van der Waals surface area contributed by atoms with Gasteiger partial charge in [-0.05, 0) is 12.1 Å². The number of hydrogen-bond acceptors (Lipinski definition) is 13. The average molecular weight is 798 g/mol. The molecule has 7 N–H and O–H groups in total. The number of piperazine rings is 1. The van der Waals surface area contributed by atoms with Crippen molar-refractivity contribution in [2.24, 2.45) is 11.1 Å². The number of carboxylic acid groups (broad SMARTS) is 2. The first-order valence-electron chi connectivity index (χ1n) is 16.5. The number of nitrogens with one attached hydrogen (secondary N) is 1. The van der Waals surface area contributed by atoms with Crippen molar-refractivity contribution < 1.29 is 58.5 Å². The average Bonchev–Trinajstić information content (AvgIpc) is 3.67. The zero-order chi connectivity index (χ0) is 38.5. The summed E-state index contributed by atoms with van der Waals surface area (Å²) in [4.78, 5) is 76.7. The molecule has 21 heteroatoms. The van der Waals surface area contributed by atoms with Crippen LogP contribution in [-0.4, -0.2) is 139 Å². The summed E-state index contributed by atoms with van der Waals surface area (Å²) in [7, 11) is 0. The lowest BCUT2D eigenvalue weighted by atomic mass is 9.97. The number of amides is 3. The predicted molar refractivity (Wildman–Crippen MR) is 187 cm³/mol. The number of aromatic hydroxyl groups is 2. The van der Waals surface area contributed by atoms with E-state index < -0.39 is 71.2 Å². The Kier molecular flexibility index (Phi) is 10.5. The number of rotatable bonds is 11. The van der Waals surface area contributed by atoms with Crippen LogP contribution in [-0.2, 0) is 28.8 Å². The van der Waals surface area contributed by atoms with Gasteiger partial charge < -0.3 is 50.4 Å². The first kappa shape index (κ1) is 38.0. The molecule has 1 unspecified atom stereocenters. The van der Waals surface area contributed by atoms with Gasteiger partial charge in [-0.2, -0.15) is 0 Å². The highest BCUT2D eigenvalue weighted by Gasteiger charge is 2.57. The third-order valence-electron chi connectivity index (χ3n) is 9.96. The number of β-lactam (4-membered cyclic amide) rings is 1. The van der Waals surface area contributed by atoms with E-state index in [0.29, 0.717) is 36.2 Å². The van der Waals surface area contributed by atoms with Gasteiger partial charge in [0, 0.05) is 24.3 Å². The molecule has 3 saturated heterocycles. The van der Waals surface area contributed by atoms with Crippen LogP contribution in [0.1, 0.15) is 42.7 Å². The van der Waals surface area contributed by atoms with Crippen LogP contribution in [0.25, 0.3) is 0 Å². The molecular formula is C32H36Cl2N7O11S+. The van der Waals surface area contributed by atoms with E-state index in [0.717, 1.165) is 29.1 Å². The number of fused-ring (bicyclic) bond motifs is 2. The highest BCUT2D eigenvalue weighted by atomic mass is 35.5. The molecule has 4 aliphatic heterocycles. The minimum atomic E-state index is -1.44. The van der Waals surface area contributed by atoms with E-state index in [-0.39, 0.29) is 50.6 Å². The van der Waals surface area contributed by atoms with Crippen LogP contribution in [0.3, 0.4) is 0 Å². The number of carbonyl (C=O) groups is 5. The van der Waals surface area contributed by atoms with Gasteiger partial charge in [-0.15, -0.1) is 0 Å². The number of benzene rings is 1. The maximum atomic E-state index is 13.5. The number of carboxylic acids is 2. The Morgan fingerprint density at radius 2 is 1.94 bits per heavy atom.